The number of ether oxygens (including phenoxy) is 1. The fourth-order valence-electron chi connectivity index (χ4n) is 2.69. The summed E-state index contributed by atoms with van der Waals surface area (Å²) in [6.45, 7) is 3.60. The number of esters is 1. The van der Waals surface area contributed by atoms with Gasteiger partial charge >= 0.3 is 18.0 Å². The summed E-state index contributed by atoms with van der Waals surface area (Å²) in [5, 5.41) is 12.1. The number of carbonyl (C=O) groups is 3. The third kappa shape index (κ3) is 3.50. The Balaban J connectivity index is 2.57. The smallest absolute Gasteiger partial charge is 0.352 e. The lowest BCUT2D eigenvalue weighted by molar-refractivity contribution is 0.0600. The molecule has 1 aliphatic rings. The molecule has 25 heavy (non-hydrogen) atoms. The highest BCUT2D eigenvalue weighted by atomic mass is 16.5. The van der Waals surface area contributed by atoms with E-state index in [1.54, 1.807) is 32.0 Å². The van der Waals surface area contributed by atoms with E-state index in [-0.39, 0.29) is 5.56 Å². The summed E-state index contributed by atoms with van der Waals surface area (Å²) in [5.41, 5.74) is 1.06. The second-order valence-electron chi connectivity index (χ2n) is 5.41. The maximum atomic E-state index is 12.4. The minimum atomic E-state index is -0.883. The summed E-state index contributed by atoms with van der Waals surface area (Å²) in [4.78, 5) is 41.2. The highest BCUT2D eigenvalue weighted by Crippen LogP contribution is 2.34. The lowest BCUT2D eigenvalue weighted by atomic mass is 9.87. The molecule has 0 fully saturated rings. The van der Waals surface area contributed by atoms with Gasteiger partial charge in [-0.3, -0.25) is 0 Å². The topological polar surface area (TPSA) is 112 Å². The average Bonchev–Trinajstić information content (AvgIpc) is 2.60. The number of carbonyl (C=O) groups excluding carboxylic acids is 3. The molecule has 0 saturated carbocycles. The van der Waals surface area contributed by atoms with E-state index in [4.69, 9.17) is 4.74 Å². The van der Waals surface area contributed by atoms with Gasteiger partial charge in [-0.25, -0.2) is 24.3 Å². The highest BCUT2D eigenvalue weighted by molar-refractivity contribution is 6.05. The van der Waals surface area contributed by atoms with Gasteiger partial charge in [-0.1, -0.05) is 12.1 Å². The maximum Gasteiger partial charge on any atom is 0.352 e. The standard InChI is InChI=1S/C17H18N4O4/c1-4-19-16(23)21-14(13(9-18)10(2)20-17(21)24)11-6-5-7-12(8-11)15(22)25-3/h5-8,13-14H,4H2,1-3H3,(H,19,23). The molecule has 8 nitrogen and oxygen atoms in total. The Kier molecular flexibility index (Phi) is 5.49. The largest absolute Gasteiger partial charge is 0.465 e. The number of nitriles is 1. The Hall–Kier alpha value is -3.21. The van der Waals surface area contributed by atoms with Crippen molar-refractivity contribution in [3.8, 4) is 6.07 Å². The van der Waals surface area contributed by atoms with Crippen LogP contribution in [0.25, 0.3) is 0 Å². The first kappa shape index (κ1) is 18.1. The monoisotopic (exact) mass is 342 g/mol. The van der Waals surface area contributed by atoms with Crippen LogP contribution in [0.15, 0.2) is 29.3 Å². The molecule has 1 aromatic carbocycles. The van der Waals surface area contributed by atoms with Crippen molar-refractivity contribution in [2.24, 2.45) is 10.9 Å². The number of hydrogen-bond donors (Lipinski definition) is 1. The molecule has 2 unspecified atom stereocenters. The van der Waals surface area contributed by atoms with E-state index in [0.29, 0.717) is 17.8 Å². The summed E-state index contributed by atoms with van der Waals surface area (Å²) in [6.07, 6.45) is 0. The maximum absolute atomic E-state index is 12.4. The number of nitrogens with zero attached hydrogens (tertiary/aromatic N) is 3. The molecule has 0 radical (unpaired) electrons. The van der Waals surface area contributed by atoms with Gasteiger partial charge in [0.05, 0.1) is 24.8 Å². The third-order valence-corrected chi connectivity index (χ3v) is 3.86. The molecule has 0 spiro atoms. The summed E-state index contributed by atoms with van der Waals surface area (Å²) in [7, 11) is 1.26. The van der Waals surface area contributed by atoms with E-state index in [9.17, 15) is 19.6 Å². The quantitative estimate of drug-likeness (QED) is 0.847. The van der Waals surface area contributed by atoms with Gasteiger partial charge in [-0.15, -0.1) is 0 Å². The normalized spacial score (nSPS) is 19.7. The van der Waals surface area contributed by atoms with E-state index in [1.807, 2.05) is 0 Å². The summed E-state index contributed by atoms with van der Waals surface area (Å²) in [6, 6.07) is 6.15. The molecule has 0 bridgehead atoms. The first-order valence-electron chi connectivity index (χ1n) is 7.68. The number of hydrogen-bond acceptors (Lipinski definition) is 5. The number of imide groups is 1. The van der Waals surface area contributed by atoms with Gasteiger partial charge in [-0.2, -0.15) is 5.26 Å². The van der Waals surface area contributed by atoms with Gasteiger partial charge in [0, 0.05) is 12.3 Å². The minimum Gasteiger partial charge on any atom is -0.465 e. The van der Waals surface area contributed by atoms with Crippen molar-refractivity contribution in [1.82, 2.24) is 10.2 Å². The van der Waals surface area contributed by atoms with Crippen molar-refractivity contribution in [3.63, 3.8) is 0 Å². The van der Waals surface area contributed by atoms with Crippen molar-refractivity contribution in [1.29, 1.82) is 5.26 Å². The van der Waals surface area contributed by atoms with Gasteiger partial charge in [0.2, 0.25) is 0 Å². The van der Waals surface area contributed by atoms with Gasteiger partial charge in [0.25, 0.3) is 0 Å². The SMILES string of the molecule is CCNC(=O)N1C(=O)N=C(C)C(C#N)C1c1cccc(C(=O)OC)c1. The Labute approximate surface area is 145 Å². The van der Waals surface area contributed by atoms with Crippen LogP contribution in [0, 0.1) is 17.2 Å². The second kappa shape index (κ2) is 7.57. The number of methoxy groups -OCH3 is 1. The molecule has 0 aromatic heterocycles. The van der Waals surface area contributed by atoms with E-state index in [0.717, 1.165) is 4.90 Å². The number of aliphatic imine (C=N–C) groups is 1. The van der Waals surface area contributed by atoms with Gasteiger partial charge in [0.1, 0.15) is 5.92 Å². The molecule has 8 heteroatoms. The first-order valence-corrected chi connectivity index (χ1v) is 7.68. The van der Waals surface area contributed by atoms with Crippen molar-refractivity contribution < 1.29 is 19.1 Å². The number of nitrogens with one attached hydrogen (secondary N) is 1. The van der Waals surface area contributed by atoms with Crippen LogP contribution >= 0.6 is 0 Å². The van der Waals surface area contributed by atoms with Crippen molar-refractivity contribution in [3.05, 3.63) is 35.4 Å². The molecule has 1 aromatic rings. The zero-order chi connectivity index (χ0) is 18.6. The Bertz CT molecular complexity index is 781. The molecule has 0 saturated heterocycles. The Morgan fingerprint density at radius 3 is 2.76 bits per heavy atom. The molecule has 0 aliphatic carbocycles. The molecular weight excluding hydrogens is 324 g/mol. The molecule has 1 heterocycles. The first-order chi connectivity index (χ1) is 11.9. The van der Waals surface area contributed by atoms with Crippen LogP contribution in [0.1, 0.15) is 35.8 Å². The van der Waals surface area contributed by atoms with E-state index in [1.165, 1.54) is 13.2 Å². The van der Waals surface area contributed by atoms with Crippen LogP contribution in [-0.2, 0) is 4.74 Å². The fraction of sp³-hybridized carbons (Fsp3) is 0.353. The summed E-state index contributed by atoms with van der Waals surface area (Å²) < 4.78 is 4.70. The van der Waals surface area contributed by atoms with Crippen LogP contribution in [0.3, 0.4) is 0 Å². The zero-order valence-corrected chi connectivity index (χ0v) is 14.1. The van der Waals surface area contributed by atoms with Crippen molar-refractivity contribution in [2.45, 2.75) is 19.9 Å². The Morgan fingerprint density at radius 1 is 1.44 bits per heavy atom. The third-order valence-electron chi connectivity index (χ3n) is 3.86. The van der Waals surface area contributed by atoms with E-state index >= 15 is 0 Å². The predicted octanol–water partition coefficient (Wildman–Crippen LogP) is 2.28. The number of rotatable bonds is 3. The highest BCUT2D eigenvalue weighted by Gasteiger charge is 2.42. The zero-order valence-electron chi connectivity index (χ0n) is 14.1. The number of amides is 4. The fourth-order valence-corrected chi connectivity index (χ4v) is 2.69. The number of benzene rings is 1. The summed E-state index contributed by atoms with van der Waals surface area (Å²) >= 11 is 0. The van der Waals surface area contributed by atoms with Crippen molar-refractivity contribution in [2.75, 3.05) is 13.7 Å². The second-order valence-corrected chi connectivity index (χ2v) is 5.41. The van der Waals surface area contributed by atoms with Gasteiger partial charge in [0.15, 0.2) is 0 Å². The lowest BCUT2D eigenvalue weighted by Crippen LogP contribution is -2.50. The Morgan fingerprint density at radius 2 is 2.16 bits per heavy atom. The average molecular weight is 342 g/mol. The van der Waals surface area contributed by atoms with Crippen LogP contribution in [0.4, 0.5) is 9.59 Å². The van der Waals surface area contributed by atoms with Gasteiger partial charge in [-0.05, 0) is 31.5 Å². The lowest BCUT2D eigenvalue weighted by Gasteiger charge is -2.35. The van der Waals surface area contributed by atoms with E-state index < -0.39 is 30.0 Å². The molecule has 2 rings (SSSR count). The molecule has 1 aliphatic heterocycles. The van der Waals surface area contributed by atoms with Crippen LogP contribution in [-0.4, -0.2) is 42.3 Å². The molecule has 4 amide bonds. The minimum absolute atomic E-state index is 0.264. The van der Waals surface area contributed by atoms with Crippen molar-refractivity contribution >= 4 is 23.7 Å². The molecular formula is C17H18N4O4. The summed E-state index contributed by atoms with van der Waals surface area (Å²) in [5.74, 6) is -1.36. The molecule has 2 atom stereocenters. The molecule has 1 N–H and O–H groups in total. The van der Waals surface area contributed by atoms with Crippen LogP contribution in [0.2, 0.25) is 0 Å². The molecule has 130 valence electrons. The predicted molar refractivity (Wildman–Crippen MR) is 89.0 cm³/mol. The number of urea groups is 2. The van der Waals surface area contributed by atoms with Crippen LogP contribution in [0.5, 0.6) is 0 Å². The van der Waals surface area contributed by atoms with Gasteiger partial charge < -0.3 is 10.1 Å². The van der Waals surface area contributed by atoms with Crippen LogP contribution < -0.4 is 5.32 Å². The van der Waals surface area contributed by atoms with E-state index in [2.05, 4.69) is 16.4 Å².